The fraction of sp³-hybridized carbons (Fsp3) is 0.500. The lowest BCUT2D eigenvalue weighted by Crippen LogP contribution is -2.37. The number of benzene rings is 2. The van der Waals surface area contributed by atoms with Gasteiger partial charge in [-0.05, 0) is 76.9 Å². The van der Waals surface area contributed by atoms with Crippen molar-refractivity contribution >= 4 is 32.4 Å². The van der Waals surface area contributed by atoms with Gasteiger partial charge >= 0.3 is 24.0 Å². The van der Waals surface area contributed by atoms with E-state index in [1.54, 1.807) is 27.7 Å². The highest BCUT2D eigenvalue weighted by atomic mass is 32.2. The maximum atomic E-state index is 13.5. The number of nitrogens with one attached hydrogen (secondary N) is 1. The number of anilines is 1. The zero-order valence-electron chi connectivity index (χ0n) is 27.3. The second-order valence-electron chi connectivity index (χ2n) is 11.4. The predicted molar refractivity (Wildman–Crippen MR) is 165 cm³/mol. The maximum Gasteiger partial charge on any atom is 0.416 e. The zero-order chi connectivity index (χ0) is 37.1. The molecule has 0 aliphatic rings. The van der Waals surface area contributed by atoms with Gasteiger partial charge in [-0.1, -0.05) is 0 Å². The lowest BCUT2D eigenvalue weighted by Gasteiger charge is -2.22. The molecule has 0 bridgehead atoms. The Morgan fingerprint density at radius 2 is 1.31 bits per heavy atom. The minimum atomic E-state index is -4.74. The number of aromatic nitrogens is 2. The number of ether oxygens (including phenoxy) is 3. The topological polar surface area (TPSA) is 160 Å². The lowest BCUT2D eigenvalue weighted by molar-refractivity contribution is -0.140. The van der Waals surface area contributed by atoms with E-state index in [0.29, 0.717) is 10.6 Å². The van der Waals surface area contributed by atoms with Gasteiger partial charge in [-0.15, -0.1) is 0 Å². The number of nitrogens with two attached hydrogens (primary N) is 1. The Hall–Kier alpha value is -3.90. The van der Waals surface area contributed by atoms with Crippen molar-refractivity contribution in [2.24, 2.45) is 0 Å². The molecule has 2 aromatic carbocycles. The number of H-pyrrole nitrogens is 1. The summed E-state index contributed by atoms with van der Waals surface area (Å²) in [6, 6.07) is 3.47. The molecular weight excluding hydrogens is 676 g/mol. The van der Waals surface area contributed by atoms with E-state index in [2.05, 4.69) is 9.72 Å². The monoisotopic (exact) mass is 713 g/mol. The molecule has 3 aromatic rings. The highest BCUT2D eigenvalue weighted by Crippen LogP contribution is 2.39. The van der Waals surface area contributed by atoms with Gasteiger partial charge in [0.25, 0.3) is 5.56 Å². The third-order valence-corrected chi connectivity index (χ3v) is 7.31. The van der Waals surface area contributed by atoms with Gasteiger partial charge in [-0.2, -0.15) is 26.3 Å². The molecule has 0 saturated heterocycles. The SMILES string of the molecule is CC(C)OC(C)c1cc2c(=O)n(CS(C)(=O)=O)c(=O)[nH]c2cc1C(F)(F)F.COC(=O)c1cc(C(C)OC(C)C)c(C(F)(F)F)cc1N. The van der Waals surface area contributed by atoms with Crippen LogP contribution in [0.1, 0.15) is 86.4 Å². The number of fused-ring (bicyclic) bond motifs is 1. The van der Waals surface area contributed by atoms with Crippen LogP contribution in [0, 0.1) is 0 Å². The smallest absolute Gasteiger partial charge is 0.416 e. The van der Waals surface area contributed by atoms with Gasteiger partial charge in [-0.25, -0.2) is 22.6 Å². The Bertz CT molecular complexity index is 1870. The van der Waals surface area contributed by atoms with Crippen LogP contribution < -0.4 is 17.0 Å². The first-order valence-corrected chi connectivity index (χ1v) is 16.3. The molecule has 0 saturated carbocycles. The number of aromatic amines is 1. The number of nitrogens with zero attached hydrogens (tertiary/aromatic N) is 1. The molecule has 48 heavy (non-hydrogen) atoms. The van der Waals surface area contributed by atoms with Crippen molar-refractivity contribution in [3.05, 3.63) is 72.9 Å². The predicted octanol–water partition coefficient (Wildman–Crippen LogP) is 5.76. The van der Waals surface area contributed by atoms with Gasteiger partial charge in [0.2, 0.25) is 0 Å². The summed E-state index contributed by atoms with van der Waals surface area (Å²) in [5.41, 5.74) is 0.313. The minimum absolute atomic E-state index is 0.111. The minimum Gasteiger partial charge on any atom is -0.465 e. The maximum absolute atomic E-state index is 13.5. The van der Waals surface area contributed by atoms with E-state index >= 15 is 0 Å². The largest absolute Gasteiger partial charge is 0.465 e. The number of hydrogen-bond donors (Lipinski definition) is 2. The van der Waals surface area contributed by atoms with Crippen LogP contribution in [0.4, 0.5) is 32.0 Å². The standard InChI is InChI=1S/C16H19F3N2O5S.C14H18F3NO3/c1-8(2)26-9(3)10-5-11-13(6-12(10)16(17,18)19)20-15(23)21(14(11)22)7-27(4,24)25;1-7(2)21-8(3)9-5-10(13(19)20-4)12(18)6-11(9)14(15,16)17/h5-6,8-9H,7H2,1-4H3,(H,20,23);5-8H,18H2,1-4H3. The third kappa shape index (κ3) is 10.3. The molecule has 0 radical (unpaired) electrons. The molecule has 0 spiro atoms. The van der Waals surface area contributed by atoms with Crippen molar-refractivity contribution in [3.63, 3.8) is 0 Å². The number of rotatable bonds is 9. The van der Waals surface area contributed by atoms with Crippen LogP contribution in [0.25, 0.3) is 10.9 Å². The Morgan fingerprint density at radius 1 is 0.854 bits per heavy atom. The average molecular weight is 714 g/mol. The molecule has 268 valence electrons. The summed E-state index contributed by atoms with van der Waals surface area (Å²) in [6.45, 7) is 9.63. The normalized spacial score (nSPS) is 13.8. The van der Waals surface area contributed by atoms with Crippen molar-refractivity contribution < 1.29 is 53.8 Å². The van der Waals surface area contributed by atoms with Crippen molar-refractivity contribution in [1.29, 1.82) is 0 Å². The van der Waals surface area contributed by atoms with Crippen LogP contribution in [0.3, 0.4) is 0 Å². The molecule has 0 aliphatic heterocycles. The Balaban J connectivity index is 0.000000345. The molecule has 0 fully saturated rings. The first-order chi connectivity index (χ1) is 21.8. The van der Waals surface area contributed by atoms with Crippen LogP contribution >= 0.6 is 0 Å². The van der Waals surface area contributed by atoms with Crippen LogP contribution in [-0.2, 0) is 42.3 Å². The van der Waals surface area contributed by atoms with Crippen molar-refractivity contribution in [1.82, 2.24) is 9.55 Å². The molecule has 3 N–H and O–H groups in total. The van der Waals surface area contributed by atoms with Gasteiger partial charge in [0.05, 0.1) is 59.1 Å². The van der Waals surface area contributed by atoms with Gasteiger partial charge in [-0.3, -0.25) is 4.79 Å². The van der Waals surface area contributed by atoms with Gasteiger partial charge in [0, 0.05) is 11.9 Å². The van der Waals surface area contributed by atoms with Crippen LogP contribution in [0.5, 0.6) is 0 Å². The first-order valence-electron chi connectivity index (χ1n) is 14.2. The molecule has 0 aliphatic carbocycles. The summed E-state index contributed by atoms with van der Waals surface area (Å²) in [5, 5.41) is -0.236. The van der Waals surface area contributed by atoms with E-state index in [1.165, 1.54) is 13.8 Å². The Morgan fingerprint density at radius 3 is 1.73 bits per heavy atom. The van der Waals surface area contributed by atoms with E-state index in [4.69, 9.17) is 15.2 Å². The molecule has 11 nitrogen and oxygen atoms in total. The summed E-state index contributed by atoms with van der Waals surface area (Å²) in [5.74, 6) is -1.68. The van der Waals surface area contributed by atoms with Gasteiger partial charge < -0.3 is 24.9 Å². The van der Waals surface area contributed by atoms with E-state index in [9.17, 15) is 49.1 Å². The number of methoxy groups -OCH3 is 1. The first kappa shape index (κ1) is 40.3. The van der Waals surface area contributed by atoms with Crippen LogP contribution in [-0.4, -0.2) is 49.5 Å². The fourth-order valence-corrected chi connectivity index (χ4v) is 5.42. The molecule has 18 heteroatoms. The Labute approximate surface area is 271 Å². The fourth-order valence-electron chi connectivity index (χ4n) is 4.72. The van der Waals surface area contributed by atoms with E-state index in [0.717, 1.165) is 31.6 Å². The number of sulfone groups is 1. The van der Waals surface area contributed by atoms with Crippen LogP contribution in [0.2, 0.25) is 0 Å². The summed E-state index contributed by atoms with van der Waals surface area (Å²) < 4.78 is 118. The number of carbonyl (C=O) groups is 1. The van der Waals surface area contributed by atoms with Crippen molar-refractivity contribution in [2.75, 3.05) is 19.1 Å². The summed E-state index contributed by atoms with van der Waals surface area (Å²) >= 11 is 0. The number of halogens is 6. The molecular formula is C30H37F6N3O8S. The second-order valence-corrected chi connectivity index (χ2v) is 13.5. The number of carbonyl (C=O) groups excluding carboxylic acids is 1. The highest BCUT2D eigenvalue weighted by Gasteiger charge is 2.37. The summed E-state index contributed by atoms with van der Waals surface area (Å²) in [7, 11) is -2.59. The summed E-state index contributed by atoms with van der Waals surface area (Å²) in [4.78, 5) is 38.2. The van der Waals surface area contributed by atoms with Crippen molar-refractivity contribution in [3.8, 4) is 0 Å². The van der Waals surface area contributed by atoms with E-state index in [-0.39, 0.29) is 45.5 Å². The number of hydrogen-bond acceptors (Lipinski definition) is 9. The summed E-state index contributed by atoms with van der Waals surface area (Å²) in [6.07, 6.45) is -11.0. The van der Waals surface area contributed by atoms with Crippen molar-refractivity contribution in [2.45, 2.75) is 84.2 Å². The number of esters is 1. The molecule has 1 aromatic heterocycles. The molecule has 0 amide bonds. The third-order valence-electron chi connectivity index (χ3n) is 6.58. The van der Waals surface area contributed by atoms with Gasteiger partial charge in [0.15, 0.2) is 9.84 Å². The van der Waals surface area contributed by atoms with E-state index in [1.807, 2.05) is 0 Å². The Kier molecular flexibility index (Phi) is 12.7. The zero-order valence-corrected chi connectivity index (χ0v) is 28.1. The molecule has 2 atom stereocenters. The van der Waals surface area contributed by atoms with Crippen LogP contribution in [0.15, 0.2) is 33.9 Å². The van der Waals surface area contributed by atoms with Gasteiger partial charge in [0.1, 0.15) is 5.88 Å². The molecule has 1 heterocycles. The second kappa shape index (κ2) is 15.1. The highest BCUT2D eigenvalue weighted by molar-refractivity contribution is 7.89. The average Bonchev–Trinajstić information content (AvgIpc) is 2.92. The lowest BCUT2D eigenvalue weighted by atomic mass is 9.98. The molecule has 2 unspecified atom stereocenters. The quantitative estimate of drug-likeness (QED) is 0.160. The number of alkyl halides is 6. The number of nitrogen functional groups attached to an aromatic ring is 1. The van der Waals surface area contributed by atoms with E-state index < -0.39 is 68.6 Å². The molecule has 3 rings (SSSR count).